The van der Waals surface area contributed by atoms with Crippen LogP contribution in [-0.4, -0.2) is 30.8 Å². The molecule has 1 aromatic rings. The predicted octanol–water partition coefficient (Wildman–Crippen LogP) is 3.01. The molecule has 1 aliphatic carbocycles. The summed E-state index contributed by atoms with van der Waals surface area (Å²) in [6, 6.07) is 5.54. The van der Waals surface area contributed by atoms with Gasteiger partial charge in [0, 0.05) is 16.6 Å². The molecule has 4 N–H and O–H groups in total. The lowest BCUT2D eigenvalue weighted by Gasteiger charge is -2.18. The van der Waals surface area contributed by atoms with Crippen molar-refractivity contribution in [2.75, 3.05) is 13.7 Å². The average Bonchev–Trinajstić information content (AvgIpc) is 2.81. The molecule has 1 fully saturated rings. The standard InChI is InChI=1S/C17H26ClN3O2/c1-23-16-9-8-12(18)10-14(16)15(22)11-20-17(19)21-13-6-4-2-3-5-7-13/h8-10,13,15,22H,2-7,11H2,1H3,(H3,19,20,21). The molecule has 5 nitrogen and oxygen atoms in total. The number of benzene rings is 1. The monoisotopic (exact) mass is 339 g/mol. The average molecular weight is 340 g/mol. The molecule has 6 heteroatoms. The third-order valence-electron chi connectivity index (χ3n) is 4.19. The first kappa shape index (κ1) is 17.9. The third-order valence-corrected chi connectivity index (χ3v) is 4.43. The van der Waals surface area contributed by atoms with Gasteiger partial charge in [0.05, 0.1) is 13.7 Å². The molecule has 0 aromatic heterocycles. The molecule has 1 saturated carbocycles. The number of nitrogens with one attached hydrogen (secondary N) is 1. The number of ether oxygens (including phenoxy) is 1. The zero-order valence-electron chi connectivity index (χ0n) is 13.6. The van der Waals surface area contributed by atoms with Gasteiger partial charge in [-0.05, 0) is 31.0 Å². The van der Waals surface area contributed by atoms with E-state index in [0.29, 0.717) is 28.3 Å². The molecular formula is C17H26ClN3O2. The largest absolute Gasteiger partial charge is 0.496 e. The van der Waals surface area contributed by atoms with Crippen molar-refractivity contribution < 1.29 is 9.84 Å². The lowest BCUT2D eigenvalue weighted by atomic mass is 10.1. The minimum Gasteiger partial charge on any atom is -0.496 e. The molecular weight excluding hydrogens is 314 g/mol. The Kier molecular flexibility index (Phi) is 6.99. The fourth-order valence-electron chi connectivity index (χ4n) is 2.93. The molecule has 0 bridgehead atoms. The molecule has 1 aromatic carbocycles. The lowest BCUT2D eigenvalue weighted by Crippen LogP contribution is -2.40. The van der Waals surface area contributed by atoms with E-state index in [2.05, 4.69) is 10.3 Å². The Morgan fingerprint density at radius 1 is 1.39 bits per heavy atom. The zero-order chi connectivity index (χ0) is 16.7. The second kappa shape index (κ2) is 8.99. The van der Waals surface area contributed by atoms with Crippen molar-refractivity contribution in [2.45, 2.75) is 50.7 Å². The highest BCUT2D eigenvalue weighted by atomic mass is 35.5. The van der Waals surface area contributed by atoms with Gasteiger partial charge in [0.1, 0.15) is 11.9 Å². The van der Waals surface area contributed by atoms with Crippen molar-refractivity contribution in [3.8, 4) is 5.75 Å². The van der Waals surface area contributed by atoms with Gasteiger partial charge in [-0.2, -0.15) is 0 Å². The molecule has 0 saturated heterocycles. The van der Waals surface area contributed by atoms with Crippen LogP contribution in [0.4, 0.5) is 0 Å². The van der Waals surface area contributed by atoms with Crippen molar-refractivity contribution in [3.05, 3.63) is 28.8 Å². The molecule has 0 heterocycles. The summed E-state index contributed by atoms with van der Waals surface area (Å²) in [6.45, 7) is 0.169. The van der Waals surface area contributed by atoms with E-state index >= 15 is 0 Å². The molecule has 128 valence electrons. The smallest absolute Gasteiger partial charge is 0.188 e. The summed E-state index contributed by atoms with van der Waals surface area (Å²) in [5.41, 5.74) is 6.57. The summed E-state index contributed by atoms with van der Waals surface area (Å²) in [5.74, 6) is 0.976. The zero-order valence-corrected chi connectivity index (χ0v) is 14.4. The van der Waals surface area contributed by atoms with Crippen LogP contribution in [0, 0.1) is 0 Å². The maximum atomic E-state index is 10.3. The lowest BCUT2D eigenvalue weighted by molar-refractivity contribution is 0.182. The van der Waals surface area contributed by atoms with Gasteiger partial charge in [-0.25, -0.2) is 0 Å². The maximum Gasteiger partial charge on any atom is 0.188 e. The molecule has 23 heavy (non-hydrogen) atoms. The van der Waals surface area contributed by atoms with Crippen molar-refractivity contribution in [2.24, 2.45) is 10.7 Å². The number of aliphatic hydroxyl groups excluding tert-OH is 1. The predicted molar refractivity (Wildman–Crippen MR) is 94.1 cm³/mol. The van der Waals surface area contributed by atoms with E-state index in [1.807, 2.05) is 0 Å². The molecule has 0 spiro atoms. The van der Waals surface area contributed by atoms with Crippen LogP contribution in [0.25, 0.3) is 0 Å². The Hall–Kier alpha value is -1.46. The van der Waals surface area contributed by atoms with Gasteiger partial charge in [0.2, 0.25) is 0 Å². The highest BCUT2D eigenvalue weighted by molar-refractivity contribution is 6.30. The third kappa shape index (κ3) is 5.59. The summed E-state index contributed by atoms with van der Waals surface area (Å²) in [5, 5.41) is 14.1. The van der Waals surface area contributed by atoms with Crippen molar-refractivity contribution >= 4 is 17.6 Å². The summed E-state index contributed by atoms with van der Waals surface area (Å²) in [6.07, 6.45) is 6.49. The van der Waals surface area contributed by atoms with Crippen LogP contribution in [0.5, 0.6) is 5.75 Å². The first-order valence-electron chi connectivity index (χ1n) is 8.18. The van der Waals surface area contributed by atoms with E-state index in [0.717, 1.165) is 12.8 Å². The number of halogens is 1. The summed E-state index contributed by atoms with van der Waals surface area (Å²) in [4.78, 5) is 4.26. The van der Waals surface area contributed by atoms with E-state index in [4.69, 9.17) is 22.1 Å². The van der Waals surface area contributed by atoms with E-state index in [1.165, 1.54) is 25.7 Å². The second-order valence-corrected chi connectivity index (χ2v) is 6.40. The number of nitrogens with two attached hydrogens (primary N) is 1. The molecule has 2 rings (SSSR count). The molecule has 1 atom stereocenters. The number of hydrogen-bond donors (Lipinski definition) is 3. The van der Waals surface area contributed by atoms with Crippen LogP contribution in [0.15, 0.2) is 23.2 Å². The summed E-state index contributed by atoms with van der Waals surface area (Å²) in [7, 11) is 1.56. The number of methoxy groups -OCH3 is 1. The Balaban J connectivity index is 1.94. The van der Waals surface area contributed by atoms with Crippen LogP contribution in [0.1, 0.15) is 50.2 Å². The van der Waals surface area contributed by atoms with Gasteiger partial charge in [-0.3, -0.25) is 4.99 Å². The summed E-state index contributed by atoms with van der Waals surface area (Å²) >= 11 is 5.99. The van der Waals surface area contributed by atoms with Gasteiger partial charge in [0.15, 0.2) is 5.96 Å². The molecule has 1 aliphatic rings. The normalized spacial score (nSPS) is 18.3. The second-order valence-electron chi connectivity index (χ2n) is 5.96. The number of nitrogens with zero attached hydrogens (tertiary/aromatic N) is 1. The van der Waals surface area contributed by atoms with Crippen LogP contribution < -0.4 is 15.8 Å². The highest BCUT2D eigenvalue weighted by Gasteiger charge is 2.15. The molecule has 1 unspecified atom stereocenters. The van der Waals surface area contributed by atoms with Gasteiger partial charge >= 0.3 is 0 Å². The van der Waals surface area contributed by atoms with Crippen LogP contribution >= 0.6 is 11.6 Å². The fourth-order valence-corrected chi connectivity index (χ4v) is 3.11. The van der Waals surface area contributed by atoms with Crippen molar-refractivity contribution in [1.82, 2.24) is 5.32 Å². The molecule has 0 radical (unpaired) electrons. The van der Waals surface area contributed by atoms with Crippen molar-refractivity contribution in [3.63, 3.8) is 0 Å². The van der Waals surface area contributed by atoms with Gasteiger partial charge in [-0.15, -0.1) is 0 Å². The first-order chi connectivity index (χ1) is 11.1. The maximum absolute atomic E-state index is 10.3. The van der Waals surface area contributed by atoms with Gasteiger partial charge in [-0.1, -0.05) is 37.3 Å². The van der Waals surface area contributed by atoms with Gasteiger partial charge < -0.3 is 20.9 Å². The van der Waals surface area contributed by atoms with Crippen LogP contribution in [0.2, 0.25) is 5.02 Å². The number of aliphatic hydroxyl groups is 1. The van der Waals surface area contributed by atoms with E-state index < -0.39 is 6.10 Å². The van der Waals surface area contributed by atoms with Crippen molar-refractivity contribution in [1.29, 1.82) is 0 Å². The van der Waals surface area contributed by atoms with Crippen LogP contribution in [0.3, 0.4) is 0 Å². The number of rotatable bonds is 5. The minimum absolute atomic E-state index is 0.169. The first-order valence-corrected chi connectivity index (χ1v) is 8.56. The Morgan fingerprint density at radius 3 is 2.74 bits per heavy atom. The highest BCUT2D eigenvalue weighted by Crippen LogP contribution is 2.28. The van der Waals surface area contributed by atoms with E-state index in [1.54, 1.807) is 25.3 Å². The number of hydrogen-bond acceptors (Lipinski definition) is 3. The quantitative estimate of drug-likeness (QED) is 0.437. The summed E-state index contributed by atoms with van der Waals surface area (Å²) < 4.78 is 5.25. The minimum atomic E-state index is -0.807. The van der Waals surface area contributed by atoms with Crippen LogP contribution in [-0.2, 0) is 0 Å². The van der Waals surface area contributed by atoms with E-state index in [-0.39, 0.29) is 6.54 Å². The fraction of sp³-hybridized carbons (Fsp3) is 0.588. The number of aliphatic imine (C=N–C) groups is 1. The Labute approximate surface area is 142 Å². The Morgan fingerprint density at radius 2 is 2.09 bits per heavy atom. The SMILES string of the molecule is COc1ccc(Cl)cc1C(O)CN=C(N)NC1CCCCCC1. The Bertz CT molecular complexity index is 529. The van der Waals surface area contributed by atoms with E-state index in [9.17, 15) is 5.11 Å². The number of guanidine groups is 1. The topological polar surface area (TPSA) is 79.9 Å². The molecule has 0 aliphatic heterocycles. The molecule has 0 amide bonds. The van der Waals surface area contributed by atoms with Gasteiger partial charge in [0.25, 0.3) is 0 Å².